The van der Waals surface area contributed by atoms with Gasteiger partial charge in [0.2, 0.25) is 10.0 Å². The molecule has 1 aromatic rings. The van der Waals surface area contributed by atoms with Crippen LogP contribution in [0.4, 0.5) is 5.82 Å². The summed E-state index contributed by atoms with van der Waals surface area (Å²) in [6.45, 7) is 1.93. The zero-order valence-corrected chi connectivity index (χ0v) is 12.7. The summed E-state index contributed by atoms with van der Waals surface area (Å²) < 4.78 is 28.1. The lowest BCUT2D eigenvalue weighted by atomic mass is 9.80. The van der Waals surface area contributed by atoms with E-state index in [1.807, 2.05) is 6.92 Å². The Morgan fingerprint density at radius 3 is 2.61 bits per heavy atom. The van der Waals surface area contributed by atoms with Crippen LogP contribution in [0.2, 0.25) is 0 Å². The first-order chi connectivity index (χ1) is 8.36. The Bertz CT molecular complexity index is 555. The molecule has 100 valence electrons. The van der Waals surface area contributed by atoms with Crippen molar-refractivity contribution in [2.45, 2.75) is 36.6 Å². The van der Waals surface area contributed by atoms with E-state index >= 15 is 0 Å². The second kappa shape index (κ2) is 4.79. The van der Waals surface area contributed by atoms with Crippen molar-refractivity contribution in [3.63, 3.8) is 0 Å². The van der Waals surface area contributed by atoms with Crippen molar-refractivity contribution in [3.8, 4) is 0 Å². The summed E-state index contributed by atoms with van der Waals surface area (Å²) in [7, 11) is -1.90. The minimum atomic E-state index is -3.55. The molecule has 18 heavy (non-hydrogen) atoms. The van der Waals surface area contributed by atoms with E-state index < -0.39 is 10.0 Å². The molecule has 1 saturated carbocycles. The molecule has 0 aromatic carbocycles. The fourth-order valence-corrected chi connectivity index (χ4v) is 4.14. The number of pyridine rings is 1. The number of halogens is 1. The van der Waals surface area contributed by atoms with Crippen LogP contribution in [-0.2, 0) is 10.0 Å². The van der Waals surface area contributed by atoms with E-state index in [4.69, 9.17) is 0 Å². The predicted molar refractivity (Wildman–Crippen MR) is 74.1 cm³/mol. The highest BCUT2D eigenvalue weighted by atomic mass is 79.9. The van der Waals surface area contributed by atoms with Gasteiger partial charge in [0.25, 0.3) is 0 Å². The zero-order valence-electron chi connectivity index (χ0n) is 10.3. The fraction of sp³-hybridized carbons (Fsp3) is 0.545. The van der Waals surface area contributed by atoms with Gasteiger partial charge in [-0.3, -0.25) is 0 Å². The molecule has 0 spiro atoms. The summed E-state index contributed by atoms with van der Waals surface area (Å²) >= 11 is 3.25. The van der Waals surface area contributed by atoms with Crippen LogP contribution in [0.3, 0.4) is 0 Å². The molecule has 1 heterocycles. The third-order valence-electron chi connectivity index (χ3n) is 3.18. The number of nitrogens with one attached hydrogen (secondary N) is 2. The van der Waals surface area contributed by atoms with Gasteiger partial charge in [0.15, 0.2) is 0 Å². The maximum atomic E-state index is 12.4. The lowest BCUT2D eigenvalue weighted by molar-refractivity contribution is 0.248. The first-order valence-electron chi connectivity index (χ1n) is 5.74. The molecule has 7 heteroatoms. The summed E-state index contributed by atoms with van der Waals surface area (Å²) in [6.07, 6.45) is 4.38. The van der Waals surface area contributed by atoms with Crippen molar-refractivity contribution in [2.24, 2.45) is 0 Å². The predicted octanol–water partition coefficient (Wildman–Crippen LogP) is 2.11. The van der Waals surface area contributed by atoms with Crippen LogP contribution in [0.15, 0.2) is 21.6 Å². The molecule has 0 bridgehead atoms. The third-order valence-corrected chi connectivity index (χ3v) is 5.27. The molecule has 0 radical (unpaired) electrons. The molecule has 2 N–H and O–H groups in total. The van der Waals surface area contributed by atoms with Crippen LogP contribution >= 0.6 is 15.9 Å². The fourth-order valence-electron chi connectivity index (χ4n) is 2.00. The van der Waals surface area contributed by atoms with E-state index in [0.29, 0.717) is 10.3 Å². The average molecular weight is 334 g/mol. The molecule has 1 aliphatic carbocycles. The highest BCUT2D eigenvalue weighted by Crippen LogP contribution is 2.33. The number of hydrogen-bond donors (Lipinski definition) is 2. The second-order valence-electron chi connectivity index (χ2n) is 4.77. The Hall–Kier alpha value is -0.660. The average Bonchev–Trinajstić information content (AvgIpc) is 2.26. The van der Waals surface area contributed by atoms with Crippen LogP contribution < -0.4 is 10.0 Å². The smallest absolute Gasteiger partial charge is 0.244 e. The molecule has 0 aliphatic heterocycles. The largest absolute Gasteiger partial charge is 0.372 e. The zero-order chi connectivity index (χ0) is 13.4. The maximum absolute atomic E-state index is 12.4. The Kier molecular flexibility index (Phi) is 3.66. The van der Waals surface area contributed by atoms with Crippen molar-refractivity contribution in [1.82, 2.24) is 9.71 Å². The molecule has 0 unspecified atom stereocenters. The number of nitrogens with zero attached hydrogens (tertiary/aromatic N) is 1. The van der Waals surface area contributed by atoms with Gasteiger partial charge in [0, 0.05) is 23.3 Å². The van der Waals surface area contributed by atoms with Crippen molar-refractivity contribution < 1.29 is 8.42 Å². The molecule has 1 aromatic heterocycles. The van der Waals surface area contributed by atoms with Crippen molar-refractivity contribution >= 4 is 31.8 Å². The first kappa shape index (κ1) is 13.8. The van der Waals surface area contributed by atoms with Gasteiger partial charge < -0.3 is 5.32 Å². The highest BCUT2D eigenvalue weighted by molar-refractivity contribution is 9.10. The molecule has 1 aliphatic rings. The third kappa shape index (κ3) is 2.67. The number of hydrogen-bond acceptors (Lipinski definition) is 4. The van der Waals surface area contributed by atoms with Crippen LogP contribution in [-0.4, -0.2) is 26.0 Å². The monoisotopic (exact) mass is 333 g/mol. The van der Waals surface area contributed by atoms with Gasteiger partial charge in [-0.1, -0.05) is 0 Å². The lowest BCUT2D eigenvalue weighted by Gasteiger charge is -2.38. The van der Waals surface area contributed by atoms with E-state index in [9.17, 15) is 8.42 Å². The molecule has 1 fully saturated rings. The normalized spacial score (nSPS) is 18.2. The van der Waals surface area contributed by atoms with Gasteiger partial charge in [0.1, 0.15) is 10.7 Å². The Balaban J connectivity index is 2.37. The van der Waals surface area contributed by atoms with Crippen LogP contribution in [0.25, 0.3) is 0 Å². The summed E-state index contributed by atoms with van der Waals surface area (Å²) in [4.78, 5) is 4.23. The van der Waals surface area contributed by atoms with Crippen LogP contribution in [0.1, 0.15) is 26.2 Å². The standard InChI is InChI=1S/C11H16BrN3O2S/c1-11(4-3-5-11)15-18(16,17)9-6-8(12)7-14-10(9)13-2/h6-7,15H,3-5H2,1-2H3,(H,13,14). The molecule has 0 saturated heterocycles. The summed E-state index contributed by atoms with van der Waals surface area (Å²) in [6, 6.07) is 1.56. The molecule has 5 nitrogen and oxygen atoms in total. The Labute approximate surface area is 116 Å². The van der Waals surface area contributed by atoms with Gasteiger partial charge in [-0.2, -0.15) is 0 Å². The number of aromatic nitrogens is 1. The molecule has 2 rings (SSSR count). The number of rotatable bonds is 4. The molecular weight excluding hydrogens is 318 g/mol. The van der Waals surface area contributed by atoms with E-state index in [2.05, 4.69) is 31.0 Å². The van der Waals surface area contributed by atoms with Crippen molar-refractivity contribution in [2.75, 3.05) is 12.4 Å². The van der Waals surface area contributed by atoms with Gasteiger partial charge >= 0.3 is 0 Å². The minimum absolute atomic E-state index is 0.174. The van der Waals surface area contributed by atoms with Gasteiger partial charge in [-0.05, 0) is 48.2 Å². The topological polar surface area (TPSA) is 71.1 Å². The van der Waals surface area contributed by atoms with E-state index in [-0.39, 0.29) is 10.4 Å². The maximum Gasteiger partial charge on any atom is 0.244 e. The number of anilines is 1. The van der Waals surface area contributed by atoms with Crippen molar-refractivity contribution in [3.05, 3.63) is 16.7 Å². The first-order valence-corrected chi connectivity index (χ1v) is 8.01. The lowest BCUT2D eigenvalue weighted by Crippen LogP contribution is -2.50. The molecule has 0 amide bonds. The molecule has 0 atom stereocenters. The van der Waals surface area contributed by atoms with Crippen molar-refractivity contribution in [1.29, 1.82) is 0 Å². The quantitative estimate of drug-likeness (QED) is 0.885. The molecular formula is C11H16BrN3O2S. The Morgan fingerprint density at radius 1 is 1.44 bits per heavy atom. The van der Waals surface area contributed by atoms with E-state index in [1.165, 1.54) is 0 Å². The summed E-state index contributed by atoms with van der Waals surface area (Å²) in [5.41, 5.74) is -0.313. The van der Waals surface area contributed by atoms with Crippen LogP contribution in [0, 0.1) is 0 Å². The summed E-state index contributed by atoms with van der Waals surface area (Å²) in [5.74, 6) is 0.355. The SMILES string of the molecule is CNc1ncc(Br)cc1S(=O)(=O)NC1(C)CCC1. The summed E-state index contributed by atoms with van der Waals surface area (Å²) in [5, 5.41) is 2.80. The van der Waals surface area contributed by atoms with Gasteiger partial charge in [0.05, 0.1) is 0 Å². The number of sulfonamides is 1. The van der Waals surface area contributed by atoms with Gasteiger partial charge in [-0.25, -0.2) is 18.1 Å². The highest BCUT2D eigenvalue weighted by Gasteiger charge is 2.37. The van der Waals surface area contributed by atoms with E-state index in [1.54, 1.807) is 19.3 Å². The van der Waals surface area contributed by atoms with Crippen LogP contribution in [0.5, 0.6) is 0 Å². The second-order valence-corrected chi connectivity index (χ2v) is 7.34. The van der Waals surface area contributed by atoms with E-state index in [0.717, 1.165) is 19.3 Å². The Morgan fingerprint density at radius 2 is 2.11 bits per heavy atom. The minimum Gasteiger partial charge on any atom is -0.372 e. The van der Waals surface area contributed by atoms with Gasteiger partial charge in [-0.15, -0.1) is 0 Å².